The van der Waals surface area contributed by atoms with Gasteiger partial charge in [0.1, 0.15) is 11.6 Å². The van der Waals surface area contributed by atoms with E-state index in [0.717, 1.165) is 16.7 Å². The van der Waals surface area contributed by atoms with Gasteiger partial charge in [0.15, 0.2) is 0 Å². The third-order valence-electron chi connectivity index (χ3n) is 5.77. The van der Waals surface area contributed by atoms with Crippen LogP contribution in [-0.4, -0.2) is 49.1 Å². The Balaban J connectivity index is 1.58. The molecule has 34 heavy (non-hydrogen) atoms. The molecule has 0 fully saturated rings. The zero-order valence-corrected chi connectivity index (χ0v) is 18.4. The number of benzene rings is 2. The van der Waals surface area contributed by atoms with Crippen LogP contribution in [0.3, 0.4) is 0 Å². The van der Waals surface area contributed by atoms with Crippen molar-refractivity contribution in [1.29, 1.82) is 0 Å². The van der Waals surface area contributed by atoms with Gasteiger partial charge in [-0.25, -0.2) is 9.78 Å². The lowest BCUT2D eigenvalue weighted by Crippen LogP contribution is -2.25. The van der Waals surface area contributed by atoms with Crippen molar-refractivity contribution in [3.63, 3.8) is 0 Å². The van der Waals surface area contributed by atoms with Gasteiger partial charge in [-0.3, -0.25) is 4.79 Å². The largest absolute Gasteiger partial charge is 0.497 e. The number of carboxylic acids is 1. The second-order valence-corrected chi connectivity index (χ2v) is 7.87. The average molecular weight is 456 g/mol. The first-order valence-electron chi connectivity index (χ1n) is 10.5. The zero-order chi connectivity index (χ0) is 23.8. The number of hydrogen-bond donors (Lipinski definition) is 2. The van der Waals surface area contributed by atoms with Crippen LogP contribution in [0.1, 0.15) is 39.5 Å². The standard InChI is InChI=1S/C24H20N6O4/c1-13-21-18(14-6-8-15(9-7-14)23(32)33)11-20(31)27-22(21)30(29-13)24-26-19(12-25-28-24)16-4-3-5-17(10-16)34-2/h3-10,12,18H,11H2,1-2H3,(H,27,31)(H,32,33)/t18-/m0/s1. The van der Waals surface area contributed by atoms with E-state index in [4.69, 9.17) is 4.74 Å². The Kier molecular flexibility index (Phi) is 5.25. The highest BCUT2D eigenvalue weighted by molar-refractivity contribution is 5.95. The van der Waals surface area contributed by atoms with E-state index in [1.165, 1.54) is 16.8 Å². The summed E-state index contributed by atoms with van der Waals surface area (Å²) in [6.07, 6.45) is 1.77. The Hall–Kier alpha value is -4.60. The van der Waals surface area contributed by atoms with Crippen molar-refractivity contribution in [2.75, 3.05) is 12.4 Å². The van der Waals surface area contributed by atoms with E-state index in [-0.39, 0.29) is 29.8 Å². The first-order chi connectivity index (χ1) is 16.4. The van der Waals surface area contributed by atoms with Crippen molar-refractivity contribution >= 4 is 17.7 Å². The number of anilines is 1. The lowest BCUT2D eigenvalue weighted by atomic mass is 9.85. The number of carboxylic acid groups (broad SMARTS) is 1. The van der Waals surface area contributed by atoms with Gasteiger partial charge in [0.05, 0.1) is 30.3 Å². The van der Waals surface area contributed by atoms with E-state index >= 15 is 0 Å². The second-order valence-electron chi connectivity index (χ2n) is 7.87. The third kappa shape index (κ3) is 3.75. The van der Waals surface area contributed by atoms with Crippen molar-refractivity contribution in [3.05, 3.63) is 77.1 Å². The molecule has 10 nitrogen and oxygen atoms in total. The number of carbonyl (C=O) groups is 2. The van der Waals surface area contributed by atoms with Gasteiger partial charge in [-0.05, 0) is 36.8 Å². The van der Waals surface area contributed by atoms with Crippen LogP contribution in [0.5, 0.6) is 5.75 Å². The molecule has 0 radical (unpaired) electrons. The van der Waals surface area contributed by atoms with Gasteiger partial charge in [0.2, 0.25) is 5.91 Å². The van der Waals surface area contributed by atoms with E-state index < -0.39 is 5.97 Å². The van der Waals surface area contributed by atoms with E-state index in [2.05, 4.69) is 25.6 Å². The molecular formula is C24H20N6O4. The Labute approximate surface area is 194 Å². The summed E-state index contributed by atoms with van der Waals surface area (Å²) in [5, 5.41) is 24.9. The molecule has 170 valence electrons. The minimum Gasteiger partial charge on any atom is -0.497 e. The quantitative estimate of drug-likeness (QED) is 0.468. The number of fused-ring (bicyclic) bond motifs is 1. The van der Waals surface area contributed by atoms with Gasteiger partial charge < -0.3 is 15.2 Å². The number of nitrogens with one attached hydrogen (secondary N) is 1. The van der Waals surface area contributed by atoms with Crippen molar-refractivity contribution in [2.24, 2.45) is 0 Å². The molecule has 0 saturated carbocycles. The number of rotatable bonds is 5. The fourth-order valence-corrected chi connectivity index (χ4v) is 4.14. The molecule has 2 aromatic heterocycles. The minimum absolute atomic E-state index is 0.183. The molecule has 1 amide bonds. The molecule has 0 saturated heterocycles. The molecule has 1 aliphatic rings. The number of ether oxygens (including phenoxy) is 1. The van der Waals surface area contributed by atoms with Crippen LogP contribution in [0.25, 0.3) is 17.2 Å². The smallest absolute Gasteiger partial charge is 0.335 e. The molecule has 0 bridgehead atoms. The Morgan fingerprint density at radius 1 is 1.21 bits per heavy atom. The molecule has 0 spiro atoms. The molecule has 3 heterocycles. The number of amides is 1. The summed E-state index contributed by atoms with van der Waals surface area (Å²) in [6.45, 7) is 1.85. The van der Waals surface area contributed by atoms with Crippen molar-refractivity contribution in [3.8, 4) is 23.0 Å². The summed E-state index contributed by atoms with van der Waals surface area (Å²) >= 11 is 0. The van der Waals surface area contributed by atoms with Crippen LogP contribution in [-0.2, 0) is 4.79 Å². The van der Waals surface area contributed by atoms with Crippen LogP contribution in [0.15, 0.2) is 54.7 Å². The molecule has 1 aliphatic heterocycles. The van der Waals surface area contributed by atoms with Gasteiger partial charge in [0.25, 0.3) is 5.95 Å². The molecule has 0 unspecified atom stereocenters. The number of aryl methyl sites for hydroxylation is 1. The summed E-state index contributed by atoms with van der Waals surface area (Å²) in [7, 11) is 1.59. The van der Waals surface area contributed by atoms with Crippen LogP contribution >= 0.6 is 0 Å². The summed E-state index contributed by atoms with van der Waals surface area (Å²) in [4.78, 5) is 28.5. The van der Waals surface area contributed by atoms with E-state index in [1.807, 2.05) is 31.2 Å². The van der Waals surface area contributed by atoms with E-state index in [9.17, 15) is 14.7 Å². The molecule has 10 heteroatoms. The zero-order valence-electron chi connectivity index (χ0n) is 18.4. The molecule has 5 rings (SSSR count). The number of aromatic carboxylic acids is 1. The Bertz CT molecular complexity index is 1410. The molecule has 0 aliphatic carbocycles. The average Bonchev–Trinajstić information content (AvgIpc) is 3.19. The van der Waals surface area contributed by atoms with Crippen molar-refractivity contribution in [2.45, 2.75) is 19.3 Å². The van der Waals surface area contributed by atoms with Gasteiger partial charge in [-0.15, -0.1) is 5.10 Å². The maximum atomic E-state index is 12.6. The highest BCUT2D eigenvalue weighted by Gasteiger charge is 2.33. The third-order valence-corrected chi connectivity index (χ3v) is 5.77. The van der Waals surface area contributed by atoms with Crippen LogP contribution < -0.4 is 10.1 Å². The predicted octanol–water partition coefficient (Wildman–Crippen LogP) is 3.21. The van der Waals surface area contributed by atoms with Crippen LogP contribution in [0.2, 0.25) is 0 Å². The number of methoxy groups -OCH3 is 1. The predicted molar refractivity (Wildman–Crippen MR) is 122 cm³/mol. The number of carbonyl (C=O) groups excluding carboxylic acids is 1. The van der Waals surface area contributed by atoms with Crippen LogP contribution in [0, 0.1) is 6.92 Å². The number of aromatic nitrogens is 5. The summed E-state index contributed by atoms with van der Waals surface area (Å²) in [5.41, 5.74) is 3.93. The molecule has 4 aromatic rings. The van der Waals surface area contributed by atoms with E-state index in [0.29, 0.717) is 23.0 Å². The minimum atomic E-state index is -1.00. The first kappa shape index (κ1) is 21.3. The molecular weight excluding hydrogens is 436 g/mol. The topological polar surface area (TPSA) is 132 Å². The lowest BCUT2D eigenvalue weighted by molar-refractivity contribution is -0.116. The van der Waals surface area contributed by atoms with E-state index in [1.54, 1.807) is 25.4 Å². The van der Waals surface area contributed by atoms with Gasteiger partial charge >= 0.3 is 5.97 Å². The van der Waals surface area contributed by atoms with Crippen LogP contribution in [0.4, 0.5) is 5.82 Å². The molecule has 2 N–H and O–H groups in total. The van der Waals surface area contributed by atoms with Crippen molar-refractivity contribution < 1.29 is 19.4 Å². The highest BCUT2D eigenvalue weighted by Crippen LogP contribution is 2.40. The fourth-order valence-electron chi connectivity index (χ4n) is 4.14. The maximum Gasteiger partial charge on any atom is 0.335 e. The van der Waals surface area contributed by atoms with Gasteiger partial charge in [-0.2, -0.15) is 14.9 Å². The number of nitrogens with zero attached hydrogens (tertiary/aromatic N) is 5. The highest BCUT2D eigenvalue weighted by atomic mass is 16.5. The number of hydrogen-bond acceptors (Lipinski definition) is 7. The summed E-state index contributed by atoms with van der Waals surface area (Å²) in [5.74, 6) is -0.0857. The SMILES string of the molecule is COc1cccc(-c2cnnc(-n3nc(C)c4c3NC(=O)C[C@H]4c3ccc(C(=O)O)cc3)n2)c1. The molecule has 1 atom stereocenters. The Morgan fingerprint density at radius 3 is 2.74 bits per heavy atom. The molecule has 2 aromatic carbocycles. The first-order valence-corrected chi connectivity index (χ1v) is 10.5. The maximum absolute atomic E-state index is 12.6. The fraction of sp³-hybridized carbons (Fsp3) is 0.167. The second kappa shape index (κ2) is 8.39. The summed E-state index contributed by atoms with van der Waals surface area (Å²) < 4.78 is 6.78. The van der Waals surface area contributed by atoms with Gasteiger partial charge in [0, 0.05) is 23.5 Å². The monoisotopic (exact) mass is 456 g/mol. The normalized spacial score (nSPS) is 14.9. The van der Waals surface area contributed by atoms with Crippen molar-refractivity contribution in [1.82, 2.24) is 25.0 Å². The summed E-state index contributed by atoms with van der Waals surface area (Å²) in [6, 6.07) is 14.0. The Morgan fingerprint density at radius 2 is 2.00 bits per heavy atom. The van der Waals surface area contributed by atoms with Gasteiger partial charge in [-0.1, -0.05) is 24.3 Å². The lowest BCUT2D eigenvalue weighted by Gasteiger charge is -2.24.